The van der Waals surface area contributed by atoms with Gasteiger partial charge in [-0.15, -0.1) is 0 Å². The standard InChI is InChI=1S/C17H36N2S/c1-6-9-18-17-8-7-15(14(2)3)12-16(17)13-19(4)10-11-20-5/h14-18H,6-13H2,1-5H3. The average molecular weight is 301 g/mol. The van der Waals surface area contributed by atoms with E-state index in [1.165, 1.54) is 51.1 Å². The molecule has 120 valence electrons. The highest BCUT2D eigenvalue weighted by atomic mass is 32.2. The normalized spacial score (nSPS) is 27.4. The van der Waals surface area contributed by atoms with Gasteiger partial charge in [-0.3, -0.25) is 0 Å². The molecule has 2 nitrogen and oxygen atoms in total. The molecule has 1 aliphatic rings. The molecule has 0 aromatic carbocycles. The minimum atomic E-state index is 0.752. The van der Waals surface area contributed by atoms with E-state index in [-0.39, 0.29) is 0 Å². The van der Waals surface area contributed by atoms with Crippen LogP contribution in [0.1, 0.15) is 46.5 Å². The molecule has 3 heteroatoms. The van der Waals surface area contributed by atoms with Crippen molar-refractivity contribution < 1.29 is 0 Å². The number of nitrogens with zero attached hydrogens (tertiary/aromatic N) is 1. The molecule has 0 saturated heterocycles. The predicted octanol–water partition coefficient (Wildman–Crippen LogP) is 3.72. The highest BCUT2D eigenvalue weighted by molar-refractivity contribution is 7.98. The maximum absolute atomic E-state index is 3.81. The smallest absolute Gasteiger partial charge is 0.0108 e. The third-order valence-corrected chi connectivity index (χ3v) is 5.44. The first-order valence-corrected chi connectivity index (χ1v) is 9.88. The molecule has 0 radical (unpaired) electrons. The van der Waals surface area contributed by atoms with Crippen molar-refractivity contribution in [3.63, 3.8) is 0 Å². The summed E-state index contributed by atoms with van der Waals surface area (Å²) in [5.74, 6) is 3.88. The third kappa shape index (κ3) is 6.36. The highest BCUT2D eigenvalue weighted by Crippen LogP contribution is 2.34. The molecule has 1 N–H and O–H groups in total. The Morgan fingerprint density at radius 2 is 2.05 bits per heavy atom. The van der Waals surface area contributed by atoms with E-state index >= 15 is 0 Å². The van der Waals surface area contributed by atoms with Crippen LogP contribution in [0.5, 0.6) is 0 Å². The number of rotatable bonds is 9. The molecule has 20 heavy (non-hydrogen) atoms. The Kier molecular flexibility index (Phi) is 9.23. The van der Waals surface area contributed by atoms with Gasteiger partial charge >= 0.3 is 0 Å². The fourth-order valence-corrected chi connectivity index (χ4v) is 3.94. The molecule has 0 aromatic rings. The number of thioether (sulfide) groups is 1. The molecule has 0 amide bonds. The summed E-state index contributed by atoms with van der Waals surface area (Å²) in [6.07, 6.45) is 7.67. The summed E-state index contributed by atoms with van der Waals surface area (Å²) in [7, 11) is 2.30. The van der Waals surface area contributed by atoms with Crippen molar-refractivity contribution in [2.75, 3.05) is 38.7 Å². The van der Waals surface area contributed by atoms with E-state index in [1.54, 1.807) is 0 Å². The van der Waals surface area contributed by atoms with Crippen molar-refractivity contribution in [1.29, 1.82) is 0 Å². The number of nitrogens with one attached hydrogen (secondary N) is 1. The minimum Gasteiger partial charge on any atom is -0.314 e. The van der Waals surface area contributed by atoms with Crippen LogP contribution >= 0.6 is 11.8 Å². The lowest BCUT2D eigenvalue weighted by Crippen LogP contribution is -2.46. The maximum Gasteiger partial charge on any atom is 0.0108 e. The Hall–Kier alpha value is 0.270. The van der Waals surface area contributed by atoms with E-state index in [4.69, 9.17) is 0 Å². The molecule has 3 atom stereocenters. The third-order valence-electron chi connectivity index (χ3n) is 4.85. The van der Waals surface area contributed by atoms with Crippen molar-refractivity contribution in [1.82, 2.24) is 10.2 Å². The zero-order valence-electron chi connectivity index (χ0n) is 14.3. The lowest BCUT2D eigenvalue weighted by atomic mass is 9.73. The average Bonchev–Trinajstić information content (AvgIpc) is 2.43. The van der Waals surface area contributed by atoms with Gasteiger partial charge in [0.05, 0.1) is 0 Å². The Morgan fingerprint density at radius 3 is 2.65 bits per heavy atom. The van der Waals surface area contributed by atoms with Gasteiger partial charge in [-0.1, -0.05) is 20.8 Å². The second-order valence-electron chi connectivity index (χ2n) is 6.89. The lowest BCUT2D eigenvalue weighted by Gasteiger charge is -2.40. The first-order valence-electron chi connectivity index (χ1n) is 8.49. The Labute approximate surface area is 131 Å². The van der Waals surface area contributed by atoms with Gasteiger partial charge < -0.3 is 10.2 Å². The summed E-state index contributed by atoms with van der Waals surface area (Å²) in [6.45, 7) is 10.8. The summed E-state index contributed by atoms with van der Waals surface area (Å²) in [4.78, 5) is 2.55. The topological polar surface area (TPSA) is 15.3 Å². The zero-order valence-corrected chi connectivity index (χ0v) is 15.1. The molecule has 0 aromatic heterocycles. The van der Waals surface area contributed by atoms with Gasteiger partial charge in [0.1, 0.15) is 0 Å². The molecule has 1 fully saturated rings. The first-order chi connectivity index (χ1) is 9.58. The van der Waals surface area contributed by atoms with Crippen LogP contribution in [0.15, 0.2) is 0 Å². The van der Waals surface area contributed by atoms with Gasteiger partial charge in [-0.05, 0) is 63.3 Å². The molecule has 3 unspecified atom stereocenters. The largest absolute Gasteiger partial charge is 0.314 e. The van der Waals surface area contributed by atoms with Gasteiger partial charge in [0.25, 0.3) is 0 Å². The van der Waals surface area contributed by atoms with Crippen molar-refractivity contribution in [2.24, 2.45) is 17.8 Å². The van der Waals surface area contributed by atoms with E-state index in [9.17, 15) is 0 Å². The number of hydrogen-bond acceptors (Lipinski definition) is 3. The van der Waals surface area contributed by atoms with Gasteiger partial charge in [-0.25, -0.2) is 0 Å². The molecule has 0 spiro atoms. The van der Waals surface area contributed by atoms with Crippen molar-refractivity contribution in [3.8, 4) is 0 Å². The van der Waals surface area contributed by atoms with Crippen molar-refractivity contribution in [3.05, 3.63) is 0 Å². The fourth-order valence-electron chi connectivity index (χ4n) is 3.44. The van der Waals surface area contributed by atoms with E-state index in [0.29, 0.717) is 0 Å². The minimum absolute atomic E-state index is 0.752. The second-order valence-corrected chi connectivity index (χ2v) is 7.88. The fraction of sp³-hybridized carbons (Fsp3) is 1.00. The summed E-state index contributed by atoms with van der Waals surface area (Å²) in [5.41, 5.74) is 0. The maximum atomic E-state index is 3.81. The quantitative estimate of drug-likeness (QED) is 0.698. The van der Waals surface area contributed by atoms with E-state index in [0.717, 1.165) is 23.8 Å². The molecule has 1 rings (SSSR count). The highest BCUT2D eigenvalue weighted by Gasteiger charge is 2.31. The van der Waals surface area contributed by atoms with E-state index in [2.05, 4.69) is 44.3 Å². The molecule has 1 aliphatic carbocycles. The summed E-state index contributed by atoms with van der Waals surface area (Å²) in [6, 6.07) is 0.752. The van der Waals surface area contributed by atoms with Crippen molar-refractivity contribution in [2.45, 2.75) is 52.5 Å². The van der Waals surface area contributed by atoms with Crippen LogP contribution in [0.4, 0.5) is 0 Å². The molecular weight excluding hydrogens is 264 g/mol. The van der Waals surface area contributed by atoms with E-state index < -0.39 is 0 Å². The van der Waals surface area contributed by atoms with Crippen LogP contribution in [0.25, 0.3) is 0 Å². The molecule has 0 heterocycles. The summed E-state index contributed by atoms with van der Waals surface area (Å²) < 4.78 is 0. The zero-order chi connectivity index (χ0) is 15.0. The first kappa shape index (κ1) is 18.3. The van der Waals surface area contributed by atoms with Crippen LogP contribution in [-0.2, 0) is 0 Å². The van der Waals surface area contributed by atoms with Crippen LogP contribution in [0.2, 0.25) is 0 Å². The summed E-state index contributed by atoms with van der Waals surface area (Å²) >= 11 is 1.95. The SMILES string of the molecule is CCCNC1CCC(C(C)C)CC1CN(C)CCSC. The molecular formula is C17H36N2S. The lowest BCUT2D eigenvalue weighted by molar-refractivity contribution is 0.135. The molecule has 0 aliphatic heterocycles. The Balaban J connectivity index is 2.51. The Bertz CT molecular complexity index is 245. The summed E-state index contributed by atoms with van der Waals surface area (Å²) in [5, 5.41) is 3.81. The molecule has 1 saturated carbocycles. The van der Waals surface area contributed by atoms with Gasteiger partial charge in [0, 0.05) is 24.9 Å². The predicted molar refractivity (Wildman–Crippen MR) is 93.6 cm³/mol. The monoisotopic (exact) mass is 300 g/mol. The second kappa shape index (κ2) is 10.1. The van der Waals surface area contributed by atoms with Crippen LogP contribution in [-0.4, -0.2) is 49.6 Å². The van der Waals surface area contributed by atoms with Gasteiger partial charge in [-0.2, -0.15) is 11.8 Å². The number of hydrogen-bond donors (Lipinski definition) is 1. The van der Waals surface area contributed by atoms with Gasteiger partial charge in [0.2, 0.25) is 0 Å². The Morgan fingerprint density at radius 1 is 1.30 bits per heavy atom. The molecule has 0 bridgehead atoms. The van der Waals surface area contributed by atoms with Crippen LogP contribution in [0.3, 0.4) is 0 Å². The van der Waals surface area contributed by atoms with Gasteiger partial charge in [0.15, 0.2) is 0 Å². The van der Waals surface area contributed by atoms with Crippen molar-refractivity contribution >= 4 is 11.8 Å². The van der Waals surface area contributed by atoms with Crippen LogP contribution in [0, 0.1) is 17.8 Å². The van der Waals surface area contributed by atoms with E-state index in [1.807, 2.05) is 11.8 Å². The van der Waals surface area contributed by atoms with Crippen LogP contribution < -0.4 is 5.32 Å².